The van der Waals surface area contributed by atoms with Gasteiger partial charge < -0.3 is 14.7 Å². The average Bonchev–Trinajstić information content (AvgIpc) is 2.46. The maximum absolute atomic E-state index is 12.2. The summed E-state index contributed by atoms with van der Waals surface area (Å²) < 4.78 is 5.47. The Morgan fingerprint density at radius 2 is 1.91 bits per heavy atom. The van der Waals surface area contributed by atoms with Gasteiger partial charge in [-0.05, 0) is 65.8 Å². The van der Waals surface area contributed by atoms with Gasteiger partial charge in [0.25, 0.3) is 0 Å². The average molecular weight is 312 g/mol. The standard InChI is InChI=1S/C17H32N2O3/c1-16(2,3)22-15(21)18-10-7-17(4,8-11-18)19-9-5-6-14(12-19)13-20/h14,20H,5-13H2,1-4H3. The van der Waals surface area contributed by atoms with Crippen LogP contribution >= 0.6 is 0 Å². The summed E-state index contributed by atoms with van der Waals surface area (Å²) in [6.07, 6.45) is 4.06. The first-order valence-corrected chi connectivity index (χ1v) is 8.57. The number of piperidine rings is 2. The lowest BCUT2D eigenvalue weighted by Gasteiger charge is -2.49. The number of nitrogens with zero attached hydrogens (tertiary/aromatic N) is 2. The molecule has 0 aromatic heterocycles. The highest BCUT2D eigenvalue weighted by Gasteiger charge is 2.39. The molecule has 1 atom stereocenters. The predicted octanol–water partition coefficient (Wildman–Crippen LogP) is 2.48. The van der Waals surface area contributed by atoms with E-state index >= 15 is 0 Å². The SMILES string of the molecule is CC(C)(C)OC(=O)N1CCC(C)(N2CCCC(CO)C2)CC1. The molecule has 5 heteroatoms. The van der Waals surface area contributed by atoms with Gasteiger partial charge in [0.05, 0.1) is 0 Å². The van der Waals surface area contributed by atoms with Crippen LogP contribution in [0.15, 0.2) is 0 Å². The van der Waals surface area contributed by atoms with E-state index in [0.717, 1.165) is 51.9 Å². The minimum absolute atomic E-state index is 0.145. The van der Waals surface area contributed by atoms with E-state index in [4.69, 9.17) is 4.74 Å². The molecular weight excluding hydrogens is 280 g/mol. The molecule has 1 N–H and O–H groups in total. The molecule has 128 valence electrons. The van der Waals surface area contributed by atoms with Crippen LogP contribution in [0.25, 0.3) is 0 Å². The zero-order chi connectivity index (χ0) is 16.4. The monoisotopic (exact) mass is 312 g/mol. The van der Waals surface area contributed by atoms with Crippen LogP contribution in [-0.4, -0.2) is 64.9 Å². The summed E-state index contributed by atoms with van der Waals surface area (Å²) in [5.74, 6) is 0.412. The highest BCUT2D eigenvalue weighted by Crippen LogP contribution is 2.32. The van der Waals surface area contributed by atoms with Gasteiger partial charge >= 0.3 is 6.09 Å². The number of rotatable bonds is 2. The number of hydrogen-bond acceptors (Lipinski definition) is 4. The van der Waals surface area contributed by atoms with Crippen LogP contribution in [0.4, 0.5) is 4.79 Å². The van der Waals surface area contributed by atoms with E-state index < -0.39 is 5.60 Å². The van der Waals surface area contributed by atoms with Gasteiger partial charge in [-0.25, -0.2) is 4.79 Å². The third-order valence-corrected chi connectivity index (χ3v) is 5.03. The Balaban J connectivity index is 1.89. The second kappa shape index (κ2) is 6.75. The normalized spacial score (nSPS) is 26.8. The van der Waals surface area contributed by atoms with Crippen molar-refractivity contribution in [2.24, 2.45) is 5.92 Å². The van der Waals surface area contributed by atoms with Gasteiger partial charge in [0.2, 0.25) is 0 Å². The highest BCUT2D eigenvalue weighted by molar-refractivity contribution is 5.68. The zero-order valence-corrected chi connectivity index (χ0v) is 14.6. The van der Waals surface area contributed by atoms with Gasteiger partial charge in [-0.3, -0.25) is 4.90 Å². The summed E-state index contributed by atoms with van der Waals surface area (Å²) >= 11 is 0. The van der Waals surface area contributed by atoms with Crippen LogP contribution in [0.1, 0.15) is 53.4 Å². The molecule has 2 heterocycles. The smallest absolute Gasteiger partial charge is 0.410 e. The zero-order valence-electron chi connectivity index (χ0n) is 14.6. The Kier molecular flexibility index (Phi) is 5.38. The fourth-order valence-electron chi connectivity index (χ4n) is 3.52. The maximum atomic E-state index is 12.2. The minimum atomic E-state index is -0.431. The Morgan fingerprint density at radius 3 is 2.45 bits per heavy atom. The molecule has 0 saturated carbocycles. The third-order valence-electron chi connectivity index (χ3n) is 5.03. The summed E-state index contributed by atoms with van der Waals surface area (Å²) in [5.41, 5.74) is -0.286. The van der Waals surface area contributed by atoms with Gasteiger partial charge in [-0.2, -0.15) is 0 Å². The fourth-order valence-corrected chi connectivity index (χ4v) is 3.52. The Morgan fingerprint density at radius 1 is 1.27 bits per heavy atom. The first-order chi connectivity index (χ1) is 10.2. The Bertz CT molecular complexity index is 384. The summed E-state index contributed by atoms with van der Waals surface area (Å²) in [6.45, 7) is 11.9. The van der Waals surface area contributed by atoms with Crippen LogP contribution < -0.4 is 0 Å². The second-order valence-electron chi connectivity index (χ2n) is 8.10. The number of carbonyl (C=O) groups excluding carboxylic acids is 1. The first kappa shape index (κ1) is 17.5. The van der Waals surface area contributed by atoms with Crippen LogP contribution in [-0.2, 0) is 4.74 Å². The highest BCUT2D eigenvalue weighted by atomic mass is 16.6. The maximum Gasteiger partial charge on any atom is 0.410 e. The van der Waals surface area contributed by atoms with Gasteiger partial charge in [-0.15, -0.1) is 0 Å². The number of amides is 1. The van der Waals surface area contributed by atoms with E-state index in [1.807, 2.05) is 25.7 Å². The number of carbonyl (C=O) groups is 1. The van der Waals surface area contributed by atoms with Crippen molar-refractivity contribution >= 4 is 6.09 Å². The molecule has 2 rings (SSSR count). The lowest BCUT2D eigenvalue weighted by molar-refractivity contribution is -0.0177. The molecular formula is C17H32N2O3. The lowest BCUT2D eigenvalue weighted by atomic mass is 9.84. The molecule has 2 aliphatic heterocycles. The molecule has 5 nitrogen and oxygen atoms in total. The van der Waals surface area contributed by atoms with Crippen molar-refractivity contribution in [2.75, 3.05) is 32.8 Å². The molecule has 1 amide bonds. The van der Waals surface area contributed by atoms with Crippen LogP contribution in [0.5, 0.6) is 0 Å². The van der Waals surface area contributed by atoms with Crippen molar-refractivity contribution in [3.8, 4) is 0 Å². The van der Waals surface area contributed by atoms with Crippen molar-refractivity contribution in [3.63, 3.8) is 0 Å². The van der Waals surface area contributed by atoms with Gasteiger partial charge in [0, 0.05) is 31.8 Å². The Labute approximate surface area is 134 Å². The summed E-state index contributed by atoms with van der Waals surface area (Å²) in [5, 5.41) is 9.42. The Hall–Kier alpha value is -0.810. The molecule has 0 aliphatic carbocycles. The lowest BCUT2D eigenvalue weighted by Crippen LogP contribution is -2.57. The van der Waals surface area contributed by atoms with Crippen molar-refractivity contribution < 1.29 is 14.6 Å². The van der Waals surface area contributed by atoms with Crippen LogP contribution in [0, 0.1) is 5.92 Å². The molecule has 0 spiro atoms. The molecule has 2 aliphatic rings. The number of ether oxygens (including phenoxy) is 1. The third kappa shape index (κ3) is 4.35. The van der Waals surface area contributed by atoms with E-state index in [1.54, 1.807) is 0 Å². The topological polar surface area (TPSA) is 53.0 Å². The minimum Gasteiger partial charge on any atom is -0.444 e. The summed E-state index contributed by atoms with van der Waals surface area (Å²) in [6, 6.07) is 0. The molecule has 0 bridgehead atoms. The largest absolute Gasteiger partial charge is 0.444 e. The van der Waals surface area contributed by atoms with Crippen LogP contribution in [0.2, 0.25) is 0 Å². The van der Waals surface area contributed by atoms with Gasteiger partial charge in [0.15, 0.2) is 0 Å². The molecule has 0 radical (unpaired) electrons. The molecule has 2 saturated heterocycles. The second-order valence-corrected chi connectivity index (χ2v) is 8.10. The molecule has 0 aromatic rings. The number of aliphatic hydroxyl groups is 1. The quantitative estimate of drug-likeness (QED) is 0.851. The molecule has 0 aromatic carbocycles. The van der Waals surface area contributed by atoms with Crippen molar-refractivity contribution in [1.82, 2.24) is 9.80 Å². The van der Waals surface area contributed by atoms with E-state index in [9.17, 15) is 9.90 Å². The number of likely N-dealkylation sites (tertiary alicyclic amines) is 2. The van der Waals surface area contributed by atoms with Gasteiger partial charge in [0.1, 0.15) is 5.60 Å². The van der Waals surface area contributed by atoms with E-state index in [0.29, 0.717) is 5.92 Å². The van der Waals surface area contributed by atoms with E-state index in [1.165, 1.54) is 0 Å². The predicted molar refractivity (Wildman–Crippen MR) is 86.8 cm³/mol. The summed E-state index contributed by atoms with van der Waals surface area (Å²) in [4.78, 5) is 16.5. The van der Waals surface area contributed by atoms with E-state index in [-0.39, 0.29) is 18.2 Å². The van der Waals surface area contributed by atoms with Crippen LogP contribution in [0.3, 0.4) is 0 Å². The number of aliphatic hydroxyl groups excluding tert-OH is 1. The molecule has 1 unspecified atom stereocenters. The fraction of sp³-hybridized carbons (Fsp3) is 0.941. The van der Waals surface area contributed by atoms with Gasteiger partial charge in [-0.1, -0.05) is 0 Å². The van der Waals surface area contributed by atoms with E-state index in [2.05, 4.69) is 11.8 Å². The molecule has 2 fully saturated rings. The van der Waals surface area contributed by atoms with Crippen molar-refractivity contribution in [1.29, 1.82) is 0 Å². The summed E-state index contributed by atoms with van der Waals surface area (Å²) in [7, 11) is 0. The first-order valence-electron chi connectivity index (χ1n) is 8.57. The van der Waals surface area contributed by atoms with Crippen molar-refractivity contribution in [2.45, 2.75) is 64.5 Å². The molecule has 22 heavy (non-hydrogen) atoms. The number of hydrogen-bond donors (Lipinski definition) is 1. The van der Waals surface area contributed by atoms with Crippen molar-refractivity contribution in [3.05, 3.63) is 0 Å².